The average molecular weight is 471 g/mol. The molecule has 192 valence electrons. The predicted octanol–water partition coefficient (Wildman–Crippen LogP) is 8.79. The molecule has 33 heavy (non-hydrogen) atoms. The van der Waals surface area contributed by atoms with Crippen molar-refractivity contribution in [3.8, 4) is 0 Å². The van der Waals surface area contributed by atoms with Gasteiger partial charge in [-0.25, -0.2) is 0 Å². The van der Waals surface area contributed by atoms with Gasteiger partial charge in [0.15, 0.2) is 5.60 Å². The number of aliphatic hydroxyl groups is 1. The van der Waals surface area contributed by atoms with E-state index in [2.05, 4.69) is 27.7 Å². The van der Waals surface area contributed by atoms with Gasteiger partial charge in [0, 0.05) is 0 Å². The third-order valence-electron chi connectivity index (χ3n) is 12.1. The van der Waals surface area contributed by atoms with E-state index in [0.717, 1.165) is 42.9 Å². The van der Waals surface area contributed by atoms with E-state index in [1.54, 1.807) is 0 Å². The van der Waals surface area contributed by atoms with Crippen molar-refractivity contribution in [1.82, 2.24) is 0 Å². The van der Waals surface area contributed by atoms with Gasteiger partial charge in [0.05, 0.1) is 0 Å². The fraction of sp³-hybridized carbons (Fsp3) is 1.00. The Morgan fingerprint density at radius 2 is 1.52 bits per heavy atom. The fourth-order valence-corrected chi connectivity index (χ4v) is 9.73. The summed E-state index contributed by atoms with van der Waals surface area (Å²) in [4.78, 5) is 0. The molecule has 0 bridgehead atoms. The van der Waals surface area contributed by atoms with Crippen LogP contribution >= 0.6 is 0 Å². The van der Waals surface area contributed by atoms with Crippen LogP contribution in [0.25, 0.3) is 0 Å². The highest BCUT2D eigenvalue weighted by Gasteiger charge is 2.60. The maximum Gasteiger partial charge on any atom is 0.416 e. The third kappa shape index (κ3) is 4.42. The molecule has 7 unspecified atom stereocenters. The molecule has 4 saturated carbocycles. The average Bonchev–Trinajstić information content (AvgIpc) is 3.00. The van der Waals surface area contributed by atoms with Gasteiger partial charge in [-0.05, 0) is 130 Å². The van der Waals surface area contributed by atoms with Crippen molar-refractivity contribution >= 4 is 0 Å². The van der Waals surface area contributed by atoms with Gasteiger partial charge >= 0.3 is 6.18 Å². The second kappa shape index (κ2) is 9.00. The smallest absolute Gasteiger partial charge is 0.381 e. The van der Waals surface area contributed by atoms with Crippen molar-refractivity contribution in [2.24, 2.45) is 52.3 Å². The van der Waals surface area contributed by atoms with Crippen molar-refractivity contribution in [1.29, 1.82) is 0 Å². The molecule has 10 atom stereocenters. The molecule has 0 spiro atoms. The van der Waals surface area contributed by atoms with Crippen LogP contribution in [-0.4, -0.2) is 16.9 Å². The zero-order valence-electron chi connectivity index (χ0n) is 21.8. The first kappa shape index (κ1) is 25.8. The SMILES string of the molecule is CCC1CCC2CCC3C(CCC4(C)C3CC[C@@H]4[C@H](C)CC[C@@](C)(O)C(F)(F)F)C2(C)CC1. The Kier molecular flexibility index (Phi) is 7.05. The lowest BCUT2D eigenvalue weighted by Gasteiger charge is -2.59. The summed E-state index contributed by atoms with van der Waals surface area (Å²) in [5.41, 5.74) is -1.80. The summed E-state index contributed by atoms with van der Waals surface area (Å²) in [6.07, 6.45) is 10.5. The van der Waals surface area contributed by atoms with E-state index in [4.69, 9.17) is 0 Å². The summed E-state index contributed by atoms with van der Waals surface area (Å²) in [6, 6.07) is 0. The van der Waals surface area contributed by atoms with Crippen LogP contribution in [0.1, 0.15) is 118 Å². The van der Waals surface area contributed by atoms with E-state index in [1.165, 1.54) is 64.2 Å². The van der Waals surface area contributed by atoms with Crippen LogP contribution in [0.15, 0.2) is 0 Å². The van der Waals surface area contributed by atoms with Crippen LogP contribution in [0, 0.1) is 52.3 Å². The van der Waals surface area contributed by atoms with E-state index in [-0.39, 0.29) is 17.8 Å². The molecule has 4 rings (SSSR count). The summed E-state index contributed by atoms with van der Waals surface area (Å²) in [7, 11) is 0. The zero-order chi connectivity index (χ0) is 24.2. The minimum absolute atomic E-state index is 0.181. The molecule has 0 aromatic carbocycles. The van der Waals surface area contributed by atoms with Gasteiger partial charge in [0.1, 0.15) is 0 Å². The molecule has 0 heterocycles. The quantitative estimate of drug-likeness (QED) is 0.426. The number of halogens is 3. The highest BCUT2D eigenvalue weighted by Crippen LogP contribution is 2.68. The molecule has 1 nitrogen and oxygen atoms in total. The second-order valence-electron chi connectivity index (χ2n) is 13.6. The largest absolute Gasteiger partial charge is 0.416 e. The summed E-state index contributed by atoms with van der Waals surface area (Å²) in [5, 5.41) is 9.97. The topological polar surface area (TPSA) is 20.2 Å². The summed E-state index contributed by atoms with van der Waals surface area (Å²) >= 11 is 0. The maximum absolute atomic E-state index is 13.2. The molecule has 4 aliphatic rings. The Bertz CT molecular complexity index is 687. The van der Waals surface area contributed by atoms with Crippen LogP contribution in [-0.2, 0) is 0 Å². The Morgan fingerprint density at radius 3 is 2.18 bits per heavy atom. The van der Waals surface area contributed by atoms with Gasteiger partial charge in [0.25, 0.3) is 0 Å². The number of hydrogen-bond acceptors (Lipinski definition) is 1. The molecule has 1 N–H and O–H groups in total. The van der Waals surface area contributed by atoms with Crippen molar-refractivity contribution in [2.75, 3.05) is 0 Å². The van der Waals surface area contributed by atoms with Gasteiger partial charge in [-0.3, -0.25) is 0 Å². The lowest BCUT2D eigenvalue weighted by Crippen LogP contribution is -2.52. The van der Waals surface area contributed by atoms with Gasteiger partial charge in [0.2, 0.25) is 0 Å². The predicted molar refractivity (Wildman–Crippen MR) is 129 cm³/mol. The number of hydrogen-bond donors (Lipinski definition) is 1. The summed E-state index contributed by atoms with van der Waals surface area (Å²) < 4.78 is 39.6. The Labute approximate surface area is 200 Å². The highest BCUT2D eigenvalue weighted by atomic mass is 19.4. The van der Waals surface area contributed by atoms with E-state index < -0.39 is 11.8 Å². The van der Waals surface area contributed by atoms with Gasteiger partial charge in [-0.15, -0.1) is 0 Å². The van der Waals surface area contributed by atoms with Crippen molar-refractivity contribution < 1.29 is 18.3 Å². The minimum atomic E-state index is -4.55. The standard InChI is InChI=1S/C29H49F3O/c1-6-20-7-8-21-9-10-22-24-12-11-23(19(2)13-18-28(5,33)29(30,31)32)27(24,4)17-15-25(22)26(21,3)16-14-20/h19-25,33H,6-18H2,1-5H3/t19-,20?,21?,22?,23-,24?,25?,26?,27?,28-/m1/s1. The zero-order valence-corrected chi connectivity index (χ0v) is 21.8. The first-order valence-corrected chi connectivity index (χ1v) is 14.1. The second-order valence-corrected chi connectivity index (χ2v) is 13.6. The van der Waals surface area contributed by atoms with Crippen LogP contribution < -0.4 is 0 Å². The van der Waals surface area contributed by atoms with E-state index in [1.807, 2.05) is 0 Å². The van der Waals surface area contributed by atoms with Crippen LogP contribution in [0.4, 0.5) is 13.2 Å². The lowest BCUT2D eigenvalue weighted by molar-refractivity contribution is -0.256. The summed E-state index contributed by atoms with van der Waals surface area (Å²) in [6.45, 7) is 10.6. The Hall–Kier alpha value is -0.250. The number of fused-ring (bicyclic) bond motifs is 5. The molecule has 0 aromatic rings. The first-order valence-electron chi connectivity index (χ1n) is 14.1. The van der Waals surface area contributed by atoms with Crippen molar-refractivity contribution in [3.63, 3.8) is 0 Å². The molecule has 0 aliphatic heterocycles. The molecule has 4 fully saturated rings. The molecule has 0 aromatic heterocycles. The number of alkyl halides is 3. The molecule has 4 heteroatoms. The van der Waals surface area contributed by atoms with E-state index >= 15 is 0 Å². The monoisotopic (exact) mass is 470 g/mol. The molecular weight excluding hydrogens is 421 g/mol. The van der Waals surface area contributed by atoms with Crippen LogP contribution in [0.3, 0.4) is 0 Å². The first-order chi connectivity index (χ1) is 15.3. The molecule has 0 radical (unpaired) electrons. The summed E-state index contributed by atoms with van der Waals surface area (Å²) in [5.74, 6) is 4.97. The van der Waals surface area contributed by atoms with Gasteiger partial charge in [-0.1, -0.05) is 40.5 Å². The Morgan fingerprint density at radius 1 is 0.879 bits per heavy atom. The Balaban J connectivity index is 1.46. The van der Waals surface area contributed by atoms with Crippen molar-refractivity contribution in [3.05, 3.63) is 0 Å². The molecule has 0 saturated heterocycles. The third-order valence-corrected chi connectivity index (χ3v) is 12.1. The van der Waals surface area contributed by atoms with Crippen LogP contribution in [0.2, 0.25) is 0 Å². The number of rotatable bonds is 5. The van der Waals surface area contributed by atoms with Gasteiger partial charge in [-0.2, -0.15) is 13.2 Å². The molecular formula is C29H49F3O. The van der Waals surface area contributed by atoms with E-state index in [0.29, 0.717) is 17.8 Å². The van der Waals surface area contributed by atoms with E-state index in [9.17, 15) is 18.3 Å². The molecule has 4 aliphatic carbocycles. The normalized spacial score (nSPS) is 46.5. The minimum Gasteiger partial charge on any atom is -0.381 e. The van der Waals surface area contributed by atoms with Crippen LogP contribution in [0.5, 0.6) is 0 Å². The van der Waals surface area contributed by atoms with Gasteiger partial charge < -0.3 is 5.11 Å². The molecule has 0 amide bonds. The lowest BCUT2D eigenvalue weighted by atomic mass is 9.46. The van der Waals surface area contributed by atoms with Crippen molar-refractivity contribution in [2.45, 2.75) is 130 Å². The maximum atomic E-state index is 13.2. The fourth-order valence-electron chi connectivity index (χ4n) is 9.73. The highest BCUT2D eigenvalue weighted by molar-refractivity contribution is 5.09.